The summed E-state index contributed by atoms with van der Waals surface area (Å²) in [7, 11) is 0. The average Bonchev–Trinajstić information content (AvgIpc) is 2.58. The second kappa shape index (κ2) is 9.46. The van der Waals surface area contributed by atoms with Gasteiger partial charge in [-0.2, -0.15) is 0 Å². The van der Waals surface area contributed by atoms with E-state index in [9.17, 15) is 4.79 Å². The van der Waals surface area contributed by atoms with Crippen molar-refractivity contribution in [1.82, 2.24) is 15.3 Å². The quantitative estimate of drug-likeness (QED) is 0.523. The Labute approximate surface area is 141 Å². The lowest BCUT2D eigenvalue weighted by Crippen LogP contribution is -2.24. The van der Waals surface area contributed by atoms with E-state index < -0.39 is 0 Å². The number of hydrogen-bond acceptors (Lipinski definition) is 6. The van der Waals surface area contributed by atoms with Gasteiger partial charge < -0.3 is 22.1 Å². The van der Waals surface area contributed by atoms with Gasteiger partial charge in [-0.05, 0) is 37.6 Å². The van der Waals surface area contributed by atoms with Crippen molar-refractivity contribution in [3.63, 3.8) is 0 Å². The zero-order valence-corrected chi connectivity index (χ0v) is 13.7. The molecule has 0 radical (unpaired) electrons. The third-order valence-corrected chi connectivity index (χ3v) is 3.50. The van der Waals surface area contributed by atoms with E-state index in [-0.39, 0.29) is 5.91 Å². The molecule has 0 fully saturated rings. The van der Waals surface area contributed by atoms with Crippen LogP contribution in [0.1, 0.15) is 36.0 Å². The Morgan fingerprint density at radius 2 is 1.92 bits per heavy atom. The lowest BCUT2D eigenvalue weighted by molar-refractivity contribution is 0.0953. The van der Waals surface area contributed by atoms with Crippen molar-refractivity contribution >= 4 is 23.2 Å². The minimum absolute atomic E-state index is 0.0836. The first kappa shape index (κ1) is 17.7. The highest BCUT2D eigenvalue weighted by Crippen LogP contribution is 2.16. The van der Waals surface area contributed by atoms with Crippen LogP contribution in [0.5, 0.6) is 0 Å². The summed E-state index contributed by atoms with van der Waals surface area (Å²) in [4.78, 5) is 20.1. The second-order valence-electron chi connectivity index (χ2n) is 5.49. The molecule has 1 heterocycles. The van der Waals surface area contributed by atoms with Crippen molar-refractivity contribution in [3.8, 4) is 0 Å². The van der Waals surface area contributed by atoms with Crippen LogP contribution in [0.3, 0.4) is 0 Å². The summed E-state index contributed by atoms with van der Waals surface area (Å²) < 4.78 is 0. The van der Waals surface area contributed by atoms with E-state index in [2.05, 4.69) is 20.6 Å². The molecule has 0 aliphatic carbocycles. The predicted octanol–water partition coefficient (Wildman–Crippen LogP) is 2.05. The number of nitrogens with zero attached hydrogens (tertiary/aromatic N) is 2. The molecule has 0 aliphatic heterocycles. The van der Waals surface area contributed by atoms with Crippen LogP contribution in [0.2, 0.25) is 0 Å². The monoisotopic (exact) mass is 328 g/mol. The largest absolute Gasteiger partial charge is 0.384 e. The van der Waals surface area contributed by atoms with E-state index in [1.807, 2.05) is 12.1 Å². The summed E-state index contributed by atoms with van der Waals surface area (Å²) in [6, 6.07) is 8.88. The Kier molecular flexibility index (Phi) is 6.97. The minimum Gasteiger partial charge on any atom is -0.384 e. The van der Waals surface area contributed by atoms with Gasteiger partial charge in [0.1, 0.15) is 18.0 Å². The van der Waals surface area contributed by atoms with Crippen LogP contribution in [0.4, 0.5) is 17.3 Å². The number of unbranched alkanes of at least 4 members (excludes halogenated alkanes) is 3. The predicted molar refractivity (Wildman–Crippen MR) is 96.0 cm³/mol. The first-order valence-corrected chi connectivity index (χ1v) is 8.12. The third-order valence-electron chi connectivity index (χ3n) is 3.50. The first-order chi connectivity index (χ1) is 11.7. The van der Waals surface area contributed by atoms with Gasteiger partial charge in [0.15, 0.2) is 0 Å². The topological polar surface area (TPSA) is 119 Å². The number of nitrogens with two attached hydrogens (primary N) is 2. The smallest absolute Gasteiger partial charge is 0.251 e. The number of benzene rings is 1. The fraction of sp³-hybridized carbons (Fsp3) is 0.353. The lowest BCUT2D eigenvalue weighted by Gasteiger charge is -2.09. The minimum atomic E-state index is -0.0836. The van der Waals surface area contributed by atoms with E-state index in [0.717, 1.165) is 37.9 Å². The molecule has 2 rings (SSSR count). The number of carbonyl (C=O) groups is 1. The van der Waals surface area contributed by atoms with E-state index in [1.165, 1.54) is 6.33 Å². The number of amides is 1. The van der Waals surface area contributed by atoms with E-state index in [1.54, 1.807) is 18.2 Å². The zero-order valence-electron chi connectivity index (χ0n) is 13.7. The van der Waals surface area contributed by atoms with Gasteiger partial charge in [-0.1, -0.05) is 18.9 Å². The van der Waals surface area contributed by atoms with Gasteiger partial charge in [0.2, 0.25) is 0 Å². The molecular weight excluding hydrogens is 304 g/mol. The van der Waals surface area contributed by atoms with E-state index in [0.29, 0.717) is 23.7 Å². The Balaban J connectivity index is 1.86. The highest BCUT2D eigenvalue weighted by Gasteiger charge is 2.06. The molecule has 7 heteroatoms. The number of hydrogen-bond donors (Lipinski definition) is 4. The number of anilines is 3. The third kappa shape index (κ3) is 5.85. The van der Waals surface area contributed by atoms with Crippen molar-refractivity contribution in [1.29, 1.82) is 0 Å². The van der Waals surface area contributed by atoms with Crippen molar-refractivity contribution in [2.24, 2.45) is 5.73 Å². The Morgan fingerprint density at radius 3 is 2.71 bits per heavy atom. The van der Waals surface area contributed by atoms with Gasteiger partial charge in [0, 0.05) is 23.9 Å². The van der Waals surface area contributed by atoms with Crippen LogP contribution in [-0.2, 0) is 0 Å². The molecule has 0 bridgehead atoms. The Hall–Kier alpha value is -2.67. The maximum absolute atomic E-state index is 12.2. The summed E-state index contributed by atoms with van der Waals surface area (Å²) in [6.45, 7) is 1.40. The highest BCUT2D eigenvalue weighted by molar-refractivity contribution is 5.95. The van der Waals surface area contributed by atoms with Gasteiger partial charge in [-0.15, -0.1) is 0 Å². The highest BCUT2D eigenvalue weighted by atomic mass is 16.1. The number of rotatable bonds is 9. The molecule has 24 heavy (non-hydrogen) atoms. The van der Waals surface area contributed by atoms with Gasteiger partial charge in [-0.3, -0.25) is 4.79 Å². The van der Waals surface area contributed by atoms with E-state index >= 15 is 0 Å². The molecule has 0 spiro atoms. The van der Waals surface area contributed by atoms with Crippen molar-refractivity contribution in [2.45, 2.75) is 25.7 Å². The maximum Gasteiger partial charge on any atom is 0.251 e. The Bertz CT molecular complexity index is 661. The van der Waals surface area contributed by atoms with Crippen molar-refractivity contribution < 1.29 is 4.79 Å². The van der Waals surface area contributed by atoms with Gasteiger partial charge >= 0.3 is 0 Å². The average molecular weight is 328 g/mol. The molecule has 0 aliphatic rings. The maximum atomic E-state index is 12.2. The summed E-state index contributed by atoms with van der Waals surface area (Å²) in [5.74, 6) is 0.885. The Morgan fingerprint density at radius 1 is 1.08 bits per heavy atom. The van der Waals surface area contributed by atoms with Crippen LogP contribution < -0.4 is 22.1 Å². The van der Waals surface area contributed by atoms with Crippen LogP contribution in [0.25, 0.3) is 0 Å². The van der Waals surface area contributed by atoms with E-state index in [4.69, 9.17) is 11.5 Å². The van der Waals surface area contributed by atoms with Crippen molar-refractivity contribution in [3.05, 3.63) is 42.2 Å². The fourth-order valence-corrected chi connectivity index (χ4v) is 2.25. The first-order valence-electron chi connectivity index (χ1n) is 8.12. The molecule has 0 saturated heterocycles. The van der Waals surface area contributed by atoms with Crippen LogP contribution in [0, 0.1) is 0 Å². The SMILES string of the molecule is NCCCCCCNC(=O)c1cccc(Nc2cc(N)ncn2)c1. The molecule has 0 saturated carbocycles. The summed E-state index contributed by atoms with van der Waals surface area (Å²) >= 11 is 0. The molecule has 6 N–H and O–H groups in total. The van der Waals surface area contributed by atoms with Crippen LogP contribution in [-0.4, -0.2) is 29.0 Å². The molecule has 0 atom stereocenters. The van der Waals surface area contributed by atoms with Crippen LogP contribution in [0.15, 0.2) is 36.7 Å². The molecule has 128 valence electrons. The molecule has 2 aromatic rings. The van der Waals surface area contributed by atoms with Crippen molar-refractivity contribution in [2.75, 3.05) is 24.1 Å². The normalized spacial score (nSPS) is 10.4. The number of aromatic nitrogens is 2. The molecule has 1 aromatic carbocycles. The van der Waals surface area contributed by atoms with Gasteiger partial charge in [0.25, 0.3) is 5.91 Å². The number of nitrogens with one attached hydrogen (secondary N) is 2. The molecule has 1 amide bonds. The van der Waals surface area contributed by atoms with Gasteiger partial charge in [-0.25, -0.2) is 9.97 Å². The number of nitrogen functional groups attached to an aromatic ring is 1. The molecular formula is C17H24N6O. The molecule has 7 nitrogen and oxygen atoms in total. The van der Waals surface area contributed by atoms with Crippen LogP contribution >= 0.6 is 0 Å². The summed E-state index contributed by atoms with van der Waals surface area (Å²) in [6.07, 6.45) is 5.57. The lowest BCUT2D eigenvalue weighted by atomic mass is 10.1. The fourth-order valence-electron chi connectivity index (χ4n) is 2.25. The summed E-state index contributed by atoms with van der Waals surface area (Å²) in [5.41, 5.74) is 12.4. The summed E-state index contributed by atoms with van der Waals surface area (Å²) in [5, 5.41) is 6.04. The zero-order chi connectivity index (χ0) is 17.2. The number of carbonyl (C=O) groups excluding carboxylic acids is 1. The standard InChI is InChI=1S/C17H24N6O/c18-8-3-1-2-4-9-20-17(24)13-6-5-7-14(10-13)23-16-11-15(19)21-12-22-16/h5-7,10-12H,1-4,8-9,18H2,(H,20,24)(H3,19,21,22,23). The second-order valence-corrected chi connectivity index (χ2v) is 5.49. The molecule has 0 unspecified atom stereocenters. The van der Waals surface area contributed by atoms with Gasteiger partial charge in [0.05, 0.1) is 0 Å². The molecule has 1 aromatic heterocycles.